The Kier molecular flexibility index (Phi) is 3.57. The molecule has 0 radical (unpaired) electrons. The third kappa shape index (κ3) is 2.56. The zero-order valence-corrected chi connectivity index (χ0v) is 15.3. The number of piperidine rings is 1. The molecule has 0 aromatic heterocycles. The Bertz CT molecular complexity index is 802. The number of hydrogen-bond acceptors (Lipinski definition) is 4. The minimum absolute atomic E-state index is 0.0350. The molecule has 1 amide bonds. The first-order valence-electron chi connectivity index (χ1n) is 9.15. The van der Waals surface area contributed by atoms with Crippen LogP contribution in [0, 0.1) is 5.92 Å². The van der Waals surface area contributed by atoms with Crippen LogP contribution in [0.25, 0.3) is 0 Å². The maximum Gasteiger partial charge on any atom is 0.286 e. The van der Waals surface area contributed by atoms with Crippen molar-refractivity contribution in [2.75, 3.05) is 13.1 Å². The number of nitrogens with zero attached hydrogens (tertiary/aromatic N) is 2. The number of fused-ring (bicyclic) bond motifs is 2. The summed E-state index contributed by atoms with van der Waals surface area (Å²) in [5.41, 5.74) is 3.79. The molecule has 25 heavy (non-hydrogen) atoms. The van der Waals surface area contributed by atoms with Crippen LogP contribution in [0.15, 0.2) is 39.7 Å². The van der Waals surface area contributed by atoms with Crippen LogP contribution in [0.1, 0.15) is 43.7 Å². The van der Waals surface area contributed by atoms with E-state index in [1.54, 1.807) is 11.8 Å². The lowest BCUT2D eigenvalue weighted by Gasteiger charge is -2.39. The molecule has 0 unspecified atom stereocenters. The summed E-state index contributed by atoms with van der Waals surface area (Å²) in [6, 6.07) is 8.57. The minimum atomic E-state index is -0.135. The van der Waals surface area contributed by atoms with E-state index in [-0.39, 0.29) is 11.5 Å². The summed E-state index contributed by atoms with van der Waals surface area (Å²) in [7, 11) is 0. The Balaban J connectivity index is 1.31. The Morgan fingerprint density at radius 2 is 2.04 bits per heavy atom. The number of rotatable bonds is 1. The molecular weight excluding hydrogens is 332 g/mol. The van der Waals surface area contributed by atoms with Crippen molar-refractivity contribution in [1.82, 2.24) is 4.90 Å². The number of amidine groups is 1. The fraction of sp³-hybridized carbons (Fsp3) is 0.500. The fourth-order valence-electron chi connectivity index (χ4n) is 4.24. The number of amides is 1. The van der Waals surface area contributed by atoms with Crippen LogP contribution >= 0.6 is 11.8 Å². The third-order valence-electron chi connectivity index (χ3n) is 5.99. The largest absolute Gasteiger partial charge is 0.365 e. The molecule has 3 aliphatic heterocycles. The van der Waals surface area contributed by atoms with Gasteiger partial charge in [0.25, 0.3) is 5.91 Å². The van der Waals surface area contributed by atoms with E-state index >= 15 is 0 Å². The number of ether oxygens (including phenoxy) is 1. The van der Waals surface area contributed by atoms with Gasteiger partial charge in [0.2, 0.25) is 0 Å². The van der Waals surface area contributed by atoms with Gasteiger partial charge in [-0.15, -0.1) is 0 Å². The summed E-state index contributed by atoms with van der Waals surface area (Å²) in [4.78, 5) is 19.8. The van der Waals surface area contributed by atoms with Gasteiger partial charge in [0.1, 0.15) is 0 Å². The second-order valence-electron chi connectivity index (χ2n) is 7.52. The van der Waals surface area contributed by atoms with Crippen molar-refractivity contribution in [3.8, 4) is 0 Å². The molecule has 2 fully saturated rings. The third-order valence-corrected chi connectivity index (χ3v) is 7.22. The quantitative estimate of drug-likeness (QED) is 0.719. The second-order valence-corrected chi connectivity index (χ2v) is 8.49. The van der Waals surface area contributed by atoms with E-state index in [0.29, 0.717) is 5.92 Å². The molecule has 5 heteroatoms. The molecule has 3 heterocycles. The van der Waals surface area contributed by atoms with Gasteiger partial charge in [0.15, 0.2) is 5.17 Å². The highest BCUT2D eigenvalue weighted by molar-refractivity contribution is 8.18. The number of benzene rings is 1. The van der Waals surface area contributed by atoms with Crippen LogP contribution in [-0.2, 0) is 21.7 Å². The van der Waals surface area contributed by atoms with Crippen molar-refractivity contribution < 1.29 is 9.53 Å². The average molecular weight is 354 g/mol. The molecule has 5 rings (SSSR count). The van der Waals surface area contributed by atoms with E-state index in [2.05, 4.69) is 41.1 Å². The highest BCUT2D eigenvalue weighted by Crippen LogP contribution is 2.46. The van der Waals surface area contributed by atoms with Crippen molar-refractivity contribution in [2.24, 2.45) is 10.9 Å². The standard InChI is InChI=1S/C20H22N2O2S/c1-13(14-6-7-14)17-18(23)21-19(25-17)22-10-8-20(9-11-22)16-5-3-2-4-15(16)12-24-20/h2-5,14H,6-12H2,1H3. The van der Waals surface area contributed by atoms with Crippen molar-refractivity contribution in [1.29, 1.82) is 0 Å². The van der Waals surface area contributed by atoms with Crippen LogP contribution in [0.3, 0.4) is 0 Å². The van der Waals surface area contributed by atoms with E-state index in [1.807, 2.05) is 0 Å². The number of aliphatic imine (C=N–C) groups is 1. The normalized spacial score (nSPS) is 26.8. The summed E-state index contributed by atoms with van der Waals surface area (Å²) < 4.78 is 6.23. The molecule has 1 aromatic carbocycles. The van der Waals surface area contributed by atoms with E-state index < -0.39 is 0 Å². The first-order chi connectivity index (χ1) is 12.2. The molecular formula is C20H22N2O2S. The second kappa shape index (κ2) is 5.71. The average Bonchev–Trinajstić information content (AvgIpc) is 3.34. The fourth-order valence-corrected chi connectivity index (χ4v) is 5.32. The maximum absolute atomic E-state index is 12.3. The van der Waals surface area contributed by atoms with Crippen LogP contribution in [-0.4, -0.2) is 29.1 Å². The van der Waals surface area contributed by atoms with E-state index in [1.165, 1.54) is 29.5 Å². The molecule has 1 aromatic rings. The number of hydrogen-bond donors (Lipinski definition) is 0. The number of carbonyl (C=O) groups excluding carboxylic acids is 1. The first kappa shape index (κ1) is 15.6. The van der Waals surface area contributed by atoms with Gasteiger partial charge in [0.05, 0.1) is 17.1 Å². The van der Waals surface area contributed by atoms with Gasteiger partial charge in [-0.05, 0) is 61.4 Å². The van der Waals surface area contributed by atoms with Crippen molar-refractivity contribution in [3.63, 3.8) is 0 Å². The maximum atomic E-state index is 12.3. The van der Waals surface area contributed by atoms with Gasteiger partial charge in [-0.1, -0.05) is 29.8 Å². The SMILES string of the molecule is CC(=C1SC(N2CCC3(CC2)OCc2ccccc23)=NC1=O)C1CC1. The topological polar surface area (TPSA) is 41.9 Å². The lowest BCUT2D eigenvalue weighted by Crippen LogP contribution is -2.44. The monoisotopic (exact) mass is 354 g/mol. The highest BCUT2D eigenvalue weighted by Gasteiger charge is 2.44. The molecule has 0 bridgehead atoms. The van der Waals surface area contributed by atoms with Crippen LogP contribution in [0.5, 0.6) is 0 Å². The van der Waals surface area contributed by atoms with Gasteiger partial charge in [-0.3, -0.25) is 4.79 Å². The van der Waals surface area contributed by atoms with Gasteiger partial charge in [0, 0.05) is 13.1 Å². The van der Waals surface area contributed by atoms with Crippen molar-refractivity contribution >= 4 is 22.8 Å². The Labute approximate surface area is 152 Å². The minimum Gasteiger partial charge on any atom is -0.365 e. The van der Waals surface area contributed by atoms with Gasteiger partial charge < -0.3 is 9.64 Å². The molecule has 1 saturated carbocycles. The molecule has 0 N–H and O–H groups in total. The molecule has 1 saturated heterocycles. The lowest BCUT2D eigenvalue weighted by atomic mass is 9.84. The molecule has 130 valence electrons. The number of likely N-dealkylation sites (tertiary alicyclic amines) is 1. The summed E-state index contributed by atoms with van der Waals surface area (Å²) in [6.07, 6.45) is 4.36. The molecule has 0 atom stereocenters. The Morgan fingerprint density at radius 3 is 2.80 bits per heavy atom. The molecule has 1 spiro atoms. The summed E-state index contributed by atoms with van der Waals surface area (Å²) >= 11 is 1.58. The molecule has 4 nitrogen and oxygen atoms in total. The summed E-state index contributed by atoms with van der Waals surface area (Å²) in [5.74, 6) is 0.584. The predicted molar refractivity (Wildman–Crippen MR) is 99.2 cm³/mol. The predicted octanol–water partition coefficient (Wildman–Crippen LogP) is 3.82. The summed E-state index contributed by atoms with van der Waals surface area (Å²) in [6.45, 7) is 4.61. The van der Waals surface area contributed by atoms with Crippen LogP contribution < -0.4 is 0 Å². The number of carbonyl (C=O) groups is 1. The number of allylic oxidation sites excluding steroid dienone is 1. The van der Waals surface area contributed by atoms with Crippen molar-refractivity contribution in [3.05, 3.63) is 45.9 Å². The Morgan fingerprint density at radius 1 is 1.28 bits per heavy atom. The van der Waals surface area contributed by atoms with Gasteiger partial charge in [-0.25, -0.2) is 0 Å². The zero-order valence-electron chi connectivity index (χ0n) is 14.5. The molecule has 1 aliphatic carbocycles. The van der Waals surface area contributed by atoms with Crippen LogP contribution in [0.2, 0.25) is 0 Å². The molecule has 4 aliphatic rings. The smallest absolute Gasteiger partial charge is 0.286 e. The van der Waals surface area contributed by atoms with Gasteiger partial charge >= 0.3 is 0 Å². The van der Waals surface area contributed by atoms with Crippen LogP contribution in [0.4, 0.5) is 0 Å². The van der Waals surface area contributed by atoms with E-state index in [4.69, 9.17) is 4.74 Å². The van der Waals surface area contributed by atoms with E-state index in [0.717, 1.165) is 42.6 Å². The Hall–Kier alpha value is -1.59. The zero-order chi connectivity index (χ0) is 17.0. The van der Waals surface area contributed by atoms with Gasteiger partial charge in [-0.2, -0.15) is 4.99 Å². The highest BCUT2D eigenvalue weighted by atomic mass is 32.2. The van der Waals surface area contributed by atoms with Crippen molar-refractivity contribution in [2.45, 2.75) is 44.8 Å². The summed E-state index contributed by atoms with van der Waals surface area (Å²) in [5, 5.41) is 0.890. The lowest BCUT2D eigenvalue weighted by molar-refractivity contribution is -0.113. The first-order valence-corrected chi connectivity index (χ1v) is 9.97. The number of thioether (sulfide) groups is 1. The van der Waals surface area contributed by atoms with E-state index in [9.17, 15) is 4.79 Å².